The fraction of sp³-hybridized carbons (Fsp3) is 0.286. The van der Waals surface area contributed by atoms with Crippen molar-refractivity contribution in [2.75, 3.05) is 6.54 Å². The Balaban J connectivity index is 2.45. The quantitative estimate of drug-likeness (QED) is 0.500. The number of carboxylic acid groups (broad SMARTS) is 1. The van der Waals surface area contributed by atoms with Gasteiger partial charge in [0.15, 0.2) is 0 Å². The highest BCUT2D eigenvalue weighted by atomic mass is 16.4. The van der Waals surface area contributed by atoms with Gasteiger partial charge in [0, 0.05) is 12.0 Å². The Hall–Kier alpha value is -2.90. The van der Waals surface area contributed by atoms with Crippen LogP contribution in [0.15, 0.2) is 30.3 Å². The predicted octanol–water partition coefficient (Wildman–Crippen LogP) is -0.749. The molecule has 0 radical (unpaired) electrons. The van der Waals surface area contributed by atoms with Crippen LogP contribution in [-0.2, 0) is 14.4 Å². The van der Waals surface area contributed by atoms with E-state index in [-0.39, 0.29) is 19.4 Å². The van der Waals surface area contributed by atoms with Crippen molar-refractivity contribution in [2.45, 2.75) is 18.9 Å². The Morgan fingerprint density at radius 3 is 2.32 bits per heavy atom. The summed E-state index contributed by atoms with van der Waals surface area (Å²) in [6.45, 7) is -0.343. The standard InChI is InChI=1S/C14H17N3O5/c15-13(21)10(6-7-12(19)20)17-11(18)8-16-14(22)9-4-2-1-3-5-9/h1-5,10H,6-8H2,(H2,15,21)(H,16,22)(H,17,18)(H,19,20)/t10-/m0/s1. The first-order chi connectivity index (χ1) is 10.4. The van der Waals surface area contributed by atoms with Crippen molar-refractivity contribution in [1.29, 1.82) is 0 Å². The predicted molar refractivity (Wildman–Crippen MR) is 76.8 cm³/mol. The maximum Gasteiger partial charge on any atom is 0.303 e. The average molecular weight is 307 g/mol. The van der Waals surface area contributed by atoms with Crippen LogP contribution >= 0.6 is 0 Å². The van der Waals surface area contributed by atoms with Gasteiger partial charge in [0.1, 0.15) is 6.04 Å². The van der Waals surface area contributed by atoms with Gasteiger partial charge in [-0.3, -0.25) is 19.2 Å². The summed E-state index contributed by atoms with van der Waals surface area (Å²) in [7, 11) is 0. The third-order valence-corrected chi connectivity index (χ3v) is 2.77. The van der Waals surface area contributed by atoms with Gasteiger partial charge in [0.25, 0.3) is 5.91 Å². The molecular weight excluding hydrogens is 290 g/mol. The van der Waals surface area contributed by atoms with E-state index in [0.29, 0.717) is 5.56 Å². The summed E-state index contributed by atoms with van der Waals surface area (Å²) in [4.78, 5) is 45.0. The minimum Gasteiger partial charge on any atom is -0.481 e. The van der Waals surface area contributed by atoms with Crippen LogP contribution in [0.25, 0.3) is 0 Å². The molecule has 1 aromatic carbocycles. The monoisotopic (exact) mass is 307 g/mol. The molecule has 0 aromatic heterocycles. The van der Waals surface area contributed by atoms with Crippen molar-refractivity contribution in [3.8, 4) is 0 Å². The topological polar surface area (TPSA) is 139 Å². The van der Waals surface area contributed by atoms with E-state index in [1.165, 1.54) is 0 Å². The molecule has 0 unspecified atom stereocenters. The van der Waals surface area contributed by atoms with E-state index >= 15 is 0 Å². The molecule has 8 nitrogen and oxygen atoms in total. The van der Waals surface area contributed by atoms with Gasteiger partial charge in [-0.05, 0) is 18.6 Å². The molecule has 1 aromatic rings. The number of amides is 3. The van der Waals surface area contributed by atoms with E-state index in [0.717, 1.165) is 0 Å². The summed E-state index contributed by atoms with van der Waals surface area (Å²) in [6.07, 6.45) is -0.409. The Morgan fingerprint density at radius 2 is 1.77 bits per heavy atom. The van der Waals surface area contributed by atoms with Crippen LogP contribution in [0.5, 0.6) is 0 Å². The van der Waals surface area contributed by atoms with Crippen LogP contribution < -0.4 is 16.4 Å². The molecule has 22 heavy (non-hydrogen) atoms. The minimum absolute atomic E-state index is 0.108. The normalized spacial score (nSPS) is 11.3. The lowest BCUT2D eigenvalue weighted by atomic mass is 10.1. The van der Waals surface area contributed by atoms with Crippen LogP contribution in [0.4, 0.5) is 0 Å². The molecule has 0 aliphatic heterocycles. The maximum atomic E-state index is 11.7. The van der Waals surface area contributed by atoms with E-state index in [1.54, 1.807) is 30.3 Å². The number of primary amides is 1. The molecule has 0 fully saturated rings. The van der Waals surface area contributed by atoms with Crippen molar-refractivity contribution in [3.05, 3.63) is 35.9 Å². The molecule has 0 aliphatic carbocycles. The Kier molecular flexibility index (Phi) is 6.55. The third-order valence-electron chi connectivity index (χ3n) is 2.77. The molecule has 0 heterocycles. The number of hydrogen-bond acceptors (Lipinski definition) is 4. The molecule has 1 atom stereocenters. The van der Waals surface area contributed by atoms with E-state index in [4.69, 9.17) is 10.8 Å². The Morgan fingerprint density at radius 1 is 1.14 bits per heavy atom. The molecule has 8 heteroatoms. The zero-order valence-electron chi connectivity index (χ0n) is 11.7. The lowest BCUT2D eigenvalue weighted by Gasteiger charge is -2.14. The molecule has 0 bridgehead atoms. The van der Waals surface area contributed by atoms with Gasteiger partial charge in [0.05, 0.1) is 6.54 Å². The van der Waals surface area contributed by atoms with Crippen LogP contribution in [0, 0.1) is 0 Å². The van der Waals surface area contributed by atoms with Crippen LogP contribution in [0.3, 0.4) is 0 Å². The minimum atomic E-state index is -1.10. The lowest BCUT2D eigenvalue weighted by molar-refractivity contribution is -0.137. The zero-order valence-corrected chi connectivity index (χ0v) is 11.7. The van der Waals surface area contributed by atoms with Crippen molar-refractivity contribution in [2.24, 2.45) is 5.73 Å². The molecule has 0 aliphatic rings. The zero-order chi connectivity index (χ0) is 16.5. The Labute approximate surface area is 126 Å². The summed E-state index contributed by atoms with van der Waals surface area (Å²) in [5.74, 6) is -2.99. The molecule has 3 amide bonds. The molecule has 1 rings (SSSR count). The number of carbonyl (C=O) groups excluding carboxylic acids is 3. The number of hydrogen-bond donors (Lipinski definition) is 4. The second-order valence-electron chi connectivity index (χ2n) is 4.50. The van der Waals surface area contributed by atoms with Crippen molar-refractivity contribution in [3.63, 3.8) is 0 Å². The van der Waals surface area contributed by atoms with Crippen molar-refractivity contribution < 1.29 is 24.3 Å². The summed E-state index contributed by atoms with van der Waals surface area (Å²) < 4.78 is 0. The highest BCUT2D eigenvalue weighted by molar-refractivity contribution is 5.97. The first-order valence-corrected chi connectivity index (χ1v) is 6.54. The number of benzene rings is 1. The molecule has 0 saturated carbocycles. The van der Waals surface area contributed by atoms with Crippen LogP contribution in [-0.4, -0.2) is 41.4 Å². The lowest BCUT2D eigenvalue weighted by Crippen LogP contribution is -2.48. The highest BCUT2D eigenvalue weighted by Gasteiger charge is 2.19. The maximum absolute atomic E-state index is 11.7. The number of rotatable bonds is 8. The highest BCUT2D eigenvalue weighted by Crippen LogP contribution is 1.98. The van der Waals surface area contributed by atoms with Crippen molar-refractivity contribution in [1.82, 2.24) is 10.6 Å². The second kappa shape index (κ2) is 8.40. The number of aliphatic carboxylic acids is 1. The molecule has 0 saturated heterocycles. The number of nitrogens with one attached hydrogen (secondary N) is 2. The molecule has 118 valence electrons. The van der Waals surface area contributed by atoms with Crippen LogP contribution in [0.1, 0.15) is 23.2 Å². The average Bonchev–Trinajstić information content (AvgIpc) is 2.49. The fourth-order valence-corrected chi connectivity index (χ4v) is 1.65. The molecule has 0 spiro atoms. The third kappa shape index (κ3) is 6.04. The number of nitrogens with two attached hydrogens (primary N) is 1. The summed E-state index contributed by atoms with van der Waals surface area (Å²) >= 11 is 0. The van der Waals surface area contributed by atoms with Crippen molar-refractivity contribution >= 4 is 23.7 Å². The molecule has 5 N–H and O–H groups in total. The second-order valence-corrected chi connectivity index (χ2v) is 4.50. The number of carbonyl (C=O) groups is 4. The van der Waals surface area contributed by atoms with E-state index < -0.39 is 29.7 Å². The van der Waals surface area contributed by atoms with Gasteiger partial charge < -0.3 is 21.5 Å². The summed E-state index contributed by atoms with van der Waals surface area (Å²) in [6, 6.07) is 7.22. The smallest absolute Gasteiger partial charge is 0.303 e. The van der Waals surface area contributed by atoms with Gasteiger partial charge in [-0.2, -0.15) is 0 Å². The molecular formula is C14H17N3O5. The van der Waals surface area contributed by atoms with Gasteiger partial charge >= 0.3 is 5.97 Å². The SMILES string of the molecule is NC(=O)[C@H](CCC(=O)O)NC(=O)CNC(=O)c1ccccc1. The largest absolute Gasteiger partial charge is 0.481 e. The first-order valence-electron chi connectivity index (χ1n) is 6.54. The van der Waals surface area contributed by atoms with Gasteiger partial charge in [-0.25, -0.2) is 0 Å². The van der Waals surface area contributed by atoms with Gasteiger partial charge in [-0.1, -0.05) is 18.2 Å². The van der Waals surface area contributed by atoms with Crippen LogP contribution in [0.2, 0.25) is 0 Å². The summed E-state index contributed by atoms with van der Waals surface area (Å²) in [5, 5.41) is 13.2. The fourth-order valence-electron chi connectivity index (χ4n) is 1.65. The van der Waals surface area contributed by atoms with Gasteiger partial charge in [0.2, 0.25) is 11.8 Å². The first kappa shape index (κ1) is 17.2. The van der Waals surface area contributed by atoms with Gasteiger partial charge in [-0.15, -0.1) is 0 Å². The van der Waals surface area contributed by atoms with E-state index in [1.807, 2.05) is 0 Å². The van der Waals surface area contributed by atoms with E-state index in [2.05, 4.69) is 10.6 Å². The summed E-state index contributed by atoms with van der Waals surface area (Å²) in [5.41, 5.74) is 5.48. The number of carboxylic acids is 1. The van der Waals surface area contributed by atoms with E-state index in [9.17, 15) is 19.2 Å². The Bertz CT molecular complexity index is 559.